The standard InChI is InChI=1S/C20H26ClN7O2/c1-5-12-6-7-13(10-14(12)21)17-16(18(29)24-26-22)15-11-27(8-9-28(15)25-17)19(30)23-20(2,3)4/h6-7,10H,5,8-9,11H2,1-4H3,(H,23,30)(H2,22,24,29). The number of carbonyl (C=O) groups excluding carboxylic acids is 2. The molecule has 3 N–H and O–H groups in total. The molecule has 2 heterocycles. The third-order valence-electron chi connectivity index (χ3n) is 4.82. The van der Waals surface area contributed by atoms with Gasteiger partial charge in [-0.05, 0) is 38.8 Å². The Morgan fingerprint density at radius 1 is 1.30 bits per heavy atom. The predicted octanol–water partition coefficient (Wildman–Crippen LogP) is 3.56. The lowest BCUT2D eigenvalue weighted by Gasteiger charge is -2.31. The third kappa shape index (κ3) is 4.46. The number of urea groups is 1. The summed E-state index contributed by atoms with van der Waals surface area (Å²) in [7, 11) is 0. The Kier molecular flexibility index (Phi) is 6.12. The maximum atomic E-state index is 12.7. The molecule has 0 aliphatic carbocycles. The van der Waals surface area contributed by atoms with Gasteiger partial charge in [0, 0.05) is 22.7 Å². The van der Waals surface area contributed by atoms with Crippen LogP contribution in [0, 0.1) is 0 Å². The van der Waals surface area contributed by atoms with E-state index in [0.717, 1.165) is 12.0 Å². The summed E-state index contributed by atoms with van der Waals surface area (Å²) in [5.74, 6) is 4.51. The maximum absolute atomic E-state index is 12.7. The molecule has 0 saturated carbocycles. The Balaban J connectivity index is 2.04. The van der Waals surface area contributed by atoms with Crippen molar-refractivity contribution in [3.8, 4) is 11.3 Å². The van der Waals surface area contributed by atoms with Gasteiger partial charge < -0.3 is 16.1 Å². The highest BCUT2D eigenvalue weighted by Crippen LogP contribution is 2.32. The molecule has 1 aromatic carbocycles. The molecule has 0 bridgehead atoms. The molecule has 30 heavy (non-hydrogen) atoms. The van der Waals surface area contributed by atoms with Crippen molar-refractivity contribution in [2.24, 2.45) is 16.2 Å². The summed E-state index contributed by atoms with van der Waals surface area (Å²) in [4.78, 5) is 27.0. The van der Waals surface area contributed by atoms with E-state index in [4.69, 9.17) is 17.4 Å². The fourth-order valence-electron chi connectivity index (χ4n) is 3.40. The highest BCUT2D eigenvalue weighted by Gasteiger charge is 2.31. The van der Waals surface area contributed by atoms with Gasteiger partial charge in [0.2, 0.25) is 0 Å². The molecule has 0 fully saturated rings. The molecule has 0 atom stereocenters. The lowest BCUT2D eigenvalue weighted by molar-refractivity contribution is 0.0990. The quantitative estimate of drug-likeness (QED) is 0.438. The van der Waals surface area contributed by atoms with E-state index >= 15 is 0 Å². The van der Waals surface area contributed by atoms with Gasteiger partial charge in [0.15, 0.2) is 0 Å². The lowest BCUT2D eigenvalue weighted by Crippen LogP contribution is -2.50. The zero-order valence-corrected chi connectivity index (χ0v) is 18.3. The Hall–Kier alpha value is -2.94. The topological polar surface area (TPSA) is 118 Å². The van der Waals surface area contributed by atoms with Gasteiger partial charge in [-0.1, -0.05) is 41.0 Å². The summed E-state index contributed by atoms with van der Waals surface area (Å²) in [5.41, 5.74) is 2.64. The van der Waals surface area contributed by atoms with Crippen molar-refractivity contribution in [2.75, 3.05) is 6.54 Å². The minimum atomic E-state index is -0.609. The number of benzene rings is 1. The Morgan fingerprint density at radius 2 is 2.03 bits per heavy atom. The molecule has 1 aromatic heterocycles. The second kappa shape index (κ2) is 8.43. The van der Waals surface area contributed by atoms with E-state index < -0.39 is 5.91 Å². The number of nitrogens with two attached hydrogens (primary N) is 1. The van der Waals surface area contributed by atoms with E-state index in [1.54, 1.807) is 15.6 Å². The van der Waals surface area contributed by atoms with E-state index in [1.165, 1.54) is 0 Å². The fraction of sp³-hybridized carbons (Fsp3) is 0.450. The third-order valence-corrected chi connectivity index (χ3v) is 5.17. The van der Waals surface area contributed by atoms with Crippen molar-refractivity contribution in [3.63, 3.8) is 0 Å². The number of nitrogens with one attached hydrogen (secondary N) is 1. The van der Waals surface area contributed by atoms with Gasteiger partial charge in [0.25, 0.3) is 0 Å². The number of carbonyl (C=O) groups is 2. The van der Waals surface area contributed by atoms with Crippen LogP contribution in [-0.2, 0) is 19.5 Å². The summed E-state index contributed by atoms with van der Waals surface area (Å²) in [5, 5.41) is 14.8. The van der Waals surface area contributed by atoms with Gasteiger partial charge in [-0.2, -0.15) is 5.10 Å². The number of amides is 3. The van der Waals surface area contributed by atoms with Crippen molar-refractivity contribution in [1.29, 1.82) is 0 Å². The zero-order valence-electron chi connectivity index (χ0n) is 17.6. The molecule has 0 saturated heterocycles. The Morgan fingerprint density at radius 3 is 2.63 bits per heavy atom. The molecular formula is C20H26ClN7O2. The van der Waals surface area contributed by atoms with E-state index in [0.29, 0.717) is 35.1 Å². The largest absolute Gasteiger partial charge is 0.333 e. The van der Waals surface area contributed by atoms with Crippen LogP contribution in [0.3, 0.4) is 0 Å². The molecule has 0 spiro atoms. The second-order valence-corrected chi connectivity index (χ2v) is 8.58. The number of aryl methyl sites for hydroxylation is 1. The molecule has 160 valence electrons. The number of fused-ring (bicyclic) bond motifs is 1. The van der Waals surface area contributed by atoms with Crippen LogP contribution in [0.1, 0.15) is 49.3 Å². The summed E-state index contributed by atoms with van der Waals surface area (Å²) < 4.78 is 1.73. The molecule has 2 aromatic rings. The highest BCUT2D eigenvalue weighted by atomic mass is 35.5. The normalized spacial score (nSPS) is 14.1. The highest BCUT2D eigenvalue weighted by molar-refractivity contribution is 6.31. The van der Waals surface area contributed by atoms with Crippen molar-refractivity contribution in [1.82, 2.24) is 20.0 Å². The first kappa shape index (κ1) is 21.8. The van der Waals surface area contributed by atoms with Crippen LogP contribution < -0.4 is 11.2 Å². The SMILES string of the molecule is CCc1ccc(-c2nn3c(c2C(=O)N=NN)CN(C(=O)NC(C)(C)C)CC3)cc1Cl. The van der Waals surface area contributed by atoms with E-state index in [9.17, 15) is 9.59 Å². The molecule has 0 unspecified atom stereocenters. The first-order valence-corrected chi connectivity index (χ1v) is 10.1. The first-order chi connectivity index (χ1) is 14.1. The number of aromatic nitrogens is 2. The molecule has 1 aliphatic rings. The monoisotopic (exact) mass is 431 g/mol. The first-order valence-electron chi connectivity index (χ1n) is 9.75. The van der Waals surface area contributed by atoms with Crippen molar-refractivity contribution < 1.29 is 9.59 Å². The van der Waals surface area contributed by atoms with E-state index in [1.807, 2.05) is 39.8 Å². The van der Waals surface area contributed by atoms with Gasteiger partial charge in [0.05, 0.1) is 24.3 Å². The average Bonchev–Trinajstić information content (AvgIpc) is 3.05. The smallest absolute Gasteiger partial charge is 0.318 e. The molecule has 0 radical (unpaired) electrons. The van der Waals surface area contributed by atoms with Crippen molar-refractivity contribution >= 4 is 23.5 Å². The van der Waals surface area contributed by atoms with Gasteiger partial charge in [-0.3, -0.25) is 9.48 Å². The number of hydrogen-bond acceptors (Lipinski definition) is 4. The van der Waals surface area contributed by atoms with Crippen LogP contribution in [0.5, 0.6) is 0 Å². The molecular weight excluding hydrogens is 406 g/mol. The van der Waals surface area contributed by atoms with Crippen molar-refractivity contribution in [2.45, 2.75) is 52.7 Å². The van der Waals surface area contributed by atoms with Crippen LogP contribution in [0.2, 0.25) is 5.02 Å². The summed E-state index contributed by atoms with van der Waals surface area (Å²) in [6.07, 6.45) is 0.795. The van der Waals surface area contributed by atoms with Gasteiger partial charge in [0.1, 0.15) is 5.69 Å². The summed E-state index contributed by atoms with van der Waals surface area (Å²) >= 11 is 6.38. The van der Waals surface area contributed by atoms with Crippen LogP contribution >= 0.6 is 11.6 Å². The Labute approximate surface area is 180 Å². The zero-order chi connectivity index (χ0) is 22.1. The number of halogens is 1. The summed E-state index contributed by atoms with van der Waals surface area (Å²) in [6, 6.07) is 5.37. The molecule has 3 rings (SSSR count). The van der Waals surface area contributed by atoms with Gasteiger partial charge in [-0.15, -0.1) is 0 Å². The lowest BCUT2D eigenvalue weighted by atomic mass is 10.0. The van der Waals surface area contributed by atoms with Crippen LogP contribution in [0.15, 0.2) is 28.5 Å². The molecule has 3 amide bonds. The number of rotatable bonds is 3. The Bertz CT molecular complexity index is 1010. The molecule has 10 heteroatoms. The number of hydrogen-bond donors (Lipinski definition) is 2. The van der Waals surface area contributed by atoms with Crippen molar-refractivity contribution in [3.05, 3.63) is 40.0 Å². The van der Waals surface area contributed by atoms with E-state index in [-0.39, 0.29) is 23.7 Å². The summed E-state index contributed by atoms with van der Waals surface area (Å²) in [6.45, 7) is 8.90. The van der Waals surface area contributed by atoms with Gasteiger partial charge in [-0.25, -0.2) is 4.79 Å². The van der Waals surface area contributed by atoms with Gasteiger partial charge >= 0.3 is 11.9 Å². The van der Waals surface area contributed by atoms with Crippen LogP contribution in [-0.4, -0.2) is 38.7 Å². The second-order valence-electron chi connectivity index (χ2n) is 8.18. The maximum Gasteiger partial charge on any atom is 0.318 e. The minimum absolute atomic E-state index is 0.203. The fourth-order valence-corrected chi connectivity index (χ4v) is 3.72. The predicted molar refractivity (Wildman–Crippen MR) is 114 cm³/mol. The average molecular weight is 432 g/mol. The molecule has 9 nitrogen and oxygen atoms in total. The minimum Gasteiger partial charge on any atom is -0.333 e. The van der Waals surface area contributed by atoms with Crippen LogP contribution in [0.25, 0.3) is 11.3 Å². The van der Waals surface area contributed by atoms with Crippen LogP contribution in [0.4, 0.5) is 4.79 Å². The molecule has 1 aliphatic heterocycles. The van der Waals surface area contributed by atoms with E-state index in [2.05, 4.69) is 20.8 Å². The number of nitrogens with zero attached hydrogens (tertiary/aromatic N) is 5.